The van der Waals surface area contributed by atoms with Gasteiger partial charge in [0.2, 0.25) is 0 Å². The van der Waals surface area contributed by atoms with Gasteiger partial charge in [-0.2, -0.15) is 0 Å². The van der Waals surface area contributed by atoms with Crippen molar-refractivity contribution in [1.29, 1.82) is 0 Å². The first-order valence-electron chi connectivity index (χ1n) is 7.44. The topological polar surface area (TPSA) is 12.0 Å². The summed E-state index contributed by atoms with van der Waals surface area (Å²) in [6, 6.07) is 9.71. The van der Waals surface area contributed by atoms with Gasteiger partial charge in [0.15, 0.2) is 0 Å². The maximum Gasteiger partial charge on any atom is 0.00104 e. The normalized spacial score (nSPS) is 23.8. The summed E-state index contributed by atoms with van der Waals surface area (Å²) in [6.45, 7) is 7.84. The molecule has 0 radical (unpaired) electrons. The first kappa shape index (κ1) is 13.6. The highest BCUT2D eigenvalue weighted by Crippen LogP contribution is 2.33. The standard InChI is InChI=1S/C17H27N/c1-13(2)18-12-17-6-4-5-16(17)11-15-9-7-14(3)8-10-15/h7-10,13,16-18H,4-6,11-12H2,1-3H3. The maximum atomic E-state index is 3.61. The van der Waals surface area contributed by atoms with Crippen LogP contribution in [0.2, 0.25) is 0 Å². The lowest BCUT2D eigenvalue weighted by Gasteiger charge is -2.21. The molecule has 1 aromatic rings. The Morgan fingerprint density at radius 2 is 1.78 bits per heavy atom. The second-order valence-electron chi connectivity index (χ2n) is 6.20. The van der Waals surface area contributed by atoms with E-state index in [0.29, 0.717) is 6.04 Å². The summed E-state index contributed by atoms with van der Waals surface area (Å²) < 4.78 is 0. The van der Waals surface area contributed by atoms with Crippen LogP contribution in [0, 0.1) is 18.8 Å². The minimum absolute atomic E-state index is 0.616. The molecular weight excluding hydrogens is 218 g/mol. The van der Waals surface area contributed by atoms with Crippen LogP contribution in [-0.2, 0) is 6.42 Å². The molecule has 1 N–H and O–H groups in total. The quantitative estimate of drug-likeness (QED) is 0.828. The molecule has 1 aliphatic rings. The Morgan fingerprint density at radius 1 is 1.11 bits per heavy atom. The number of nitrogens with one attached hydrogen (secondary N) is 1. The number of hydrogen-bond donors (Lipinski definition) is 1. The third-order valence-corrected chi connectivity index (χ3v) is 4.22. The van der Waals surface area contributed by atoms with Crippen molar-refractivity contribution in [1.82, 2.24) is 5.32 Å². The highest BCUT2D eigenvalue weighted by atomic mass is 14.9. The second-order valence-corrected chi connectivity index (χ2v) is 6.20. The monoisotopic (exact) mass is 245 g/mol. The summed E-state index contributed by atoms with van der Waals surface area (Å²) in [5.41, 5.74) is 2.88. The first-order chi connectivity index (χ1) is 8.65. The van der Waals surface area contributed by atoms with Crippen molar-refractivity contribution in [2.45, 2.75) is 52.5 Å². The molecule has 1 fully saturated rings. The van der Waals surface area contributed by atoms with Gasteiger partial charge in [-0.1, -0.05) is 50.1 Å². The van der Waals surface area contributed by atoms with E-state index in [-0.39, 0.29) is 0 Å². The summed E-state index contributed by atoms with van der Waals surface area (Å²) >= 11 is 0. The lowest BCUT2D eigenvalue weighted by molar-refractivity contribution is 0.354. The fourth-order valence-corrected chi connectivity index (χ4v) is 3.07. The zero-order valence-electron chi connectivity index (χ0n) is 12.1. The second kappa shape index (κ2) is 6.38. The summed E-state index contributed by atoms with van der Waals surface area (Å²) in [5.74, 6) is 1.77. The molecule has 2 atom stereocenters. The third-order valence-electron chi connectivity index (χ3n) is 4.22. The molecule has 2 unspecified atom stereocenters. The highest BCUT2D eigenvalue weighted by molar-refractivity contribution is 5.21. The molecule has 0 bridgehead atoms. The SMILES string of the molecule is Cc1ccc(CC2CCCC2CNC(C)C)cc1. The van der Waals surface area contributed by atoms with Crippen LogP contribution in [0.4, 0.5) is 0 Å². The van der Waals surface area contributed by atoms with E-state index in [1.54, 1.807) is 0 Å². The van der Waals surface area contributed by atoms with Gasteiger partial charge >= 0.3 is 0 Å². The summed E-state index contributed by atoms with van der Waals surface area (Å²) in [4.78, 5) is 0. The van der Waals surface area contributed by atoms with Gasteiger partial charge in [-0.25, -0.2) is 0 Å². The Kier molecular flexibility index (Phi) is 4.82. The fraction of sp³-hybridized carbons (Fsp3) is 0.647. The third kappa shape index (κ3) is 3.84. The van der Waals surface area contributed by atoms with Gasteiger partial charge in [-0.05, 0) is 50.1 Å². The van der Waals surface area contributed by atoms with Crippen molar-refractivity contribution in [2.75, 3.05) is 6.54 Å². The van der Waals surface area contributed by atoms with Crippen LogP contribution < -0.4 is 5.32 Å². The number of aryl methyl sites for hydroxylation is 1. The molecule has 18 heavy (non-hydrogen) atoms. The minimum atomic E-state index is 0.616. The average Bonchev–Trinajstić information content (AvgIpc) is 2.77. The summed E-state index contributed by atoms with van der Waals surface area (Å²) in [5, 5.41) is 3.61. The summed E-state index contributed by atoms with van der Waals surface area (Å²) in [6.07, 6.45) is 5.51. The molecule has 0 saturated heterocycles. The Labute approximate surface area is 112 Å². The lowest BCUT2D eigenvalue weighted by atomic mass is 9.89. The molecule has 1 aromatic carbocycles. The molecule has 1 heteroatoms. The Hall–Kier alpha value is -0.820. The van der Waals surface area contributed by atoms with Crippen LogP contribution in [0.3, 0.4) is 0 Å². The van der Waals surface area contributed by atoms with Gasteiger partial charge < -0.3 is 5.32 Å². The van der Waals surface area contributed by atoms with E-state index in [0.717, 1.165) is 11.8 Å². The molecule has 0 aromatic heterocycles. The van der Waals surface area contributed by atoms with E-state index in [4.69, 9.17) is 0 Å². The van der Waals surface area contributed by atoms with E-state index in [9.17, 15) is 0 Å². The zero-order chi connectivity index (χ0) is 13.0. The van der Waals surface area contributed by atoms with E-state index in [1.807, 2.05) is 0 Å². The number of benzene rings is 1. The molecule has 1 nitrogen and oxygen atoms in total. The van der Waals surface area contributed by atoms with Crippen molar-refractivity contribution < 1.29 is 0 Å². The zero-order valence-corrected chi connectivity index (χ0v) is 12.1. The van der Waals surface area contributed by atoms with Crippen LogP contribution in [-0.4, -0.2) is 12.6 Å². The predicted molar refractivity (Wildman–Crippen MR) is 78.9 cm³/mol. The van der Waals surface area contributed by atoms with E-state index in [1.165, 1.54) is 43.4 Å². The van der Waals surface area contributed by atoms with Gasteiger partial charge in [0, 0.05) is 6.04 Å². The van der Waals surface area contributed by atoms with Gasteiger partial charge in [0.05, 0.1) is 0 Å². The largest absolute Gasteiger partial charge is 0.314 e. The number of hydrogen-bond acceptors (Lipinski definition) is 1. The van der Waals surface area contributed by atoms with Crippen LogP contribution >= 0.6 is 0 Å². The van der Waals surface area contributed by atoms with E-state index >= 15 is 0 Å². The Morgan fingerprint density at radius 3 is 2.44 bits per heavy atom. The molecule has 100 valence electrons. The van der Waals surface area contributed by atoms with Crippen LogP contribution in [0.15, 0.2) is 24.3 Å². The molecule has 0 spiro atoms. The Balaban J connectivity index is 1.89. The molecular formula is C17H27N. The predicted octanol–water partition coefficient (Wildman–Crippen LogP) is 3.95. The Bertz CT molecular complexity index is 352. The average molecular weight is 245 g/mol. The van der Waals surface area contributed by atoms with Crippen molar-refractivity contribution in [3.8, 4) is 0 Å². The van der Waals surface area contributed by atoms with E-state index in [2.05, 4.69) is 50.4 Å². The number of rotatable bonds is 5. The van der Waals surface area contributed by atoms with Gasteiger partial charge in [0.25, 0.3) is 0 Å². The van der Waals surface area contributed by atoms with Crippen molar-refractivity contribution >= 4 is 0 Å². The summed E-state index contributed by atoms with van der Waals surface area (Å²) in [7, 11) is 0. The molecule has 1 aliphatic carbocycles. The minimum Gasteiger partial charge on any atom is -0.314 e. The van der Waals surface area contributed by atoms with Crippen molar-refractivity contribution in [2.24, 2.45) is 11.8 Å². The maximum absolute atomic E-state index is 3.61. The molecule has 0 amide bonds. The van der Waals surface area contributed by atoms with Gasteiger partial charge in [0.1, 0.15) is 0 Å². The van der Waals surface area contributed by atoms with Crippen LogP contribution in [0.1, 0.15) is 44.2 Å². The van der Waals surface area contributed by atoms with Crippen LogP contribution in [0.5, 0.6) is 0 Å². The first-order valence-corrected chi connectivity index (χ1v) is 7.44. The van der Waals surface area contributed by atoms with Crippen molar-refractivity contribution in [3.05, 3.63) is 35.4 Å². The highest BCUT2D eigenvalue weighted by Gasteiger charge is 2.26. The van der Waals surface area contributed by atoms with Crippen molar-refractivity contribution in [3.63, 3.8) is 0 Å². The van der Waals surface area contributed by atoms with Gasteiger partial charge in [-0.3, -0.25) is 0 Å². The lowest BCUT2D eigenvalue weighted by Crippen LogP contribution is -2.31. The fourth-order valence-electron chi connectivity index (χ4n) is 3.07. The smallest absolute Gasteiger partial charge is 0.00104 e. The van der Waals surface area contributed by atoms with Gasteiger partial charge in [-0.15, -0.1) is 0 Å². The molecule has 0 heterocycles. The van der Waals surface area contributed by atoms with E-state index < -0.39 is 0 Å². The molecule has 0 aliphatic heterocycles. The molecule has 2 rings (SSSR count). The van der Waals surface area contributed by atoms with Crippen LogP contribution in [0.25, 0.3) is 0 Å². The molecule has 1 saturated carbocycles.